The molecule has 17 heavy (non-hydrogen) atoms. The second-order valence-electron chi connectivity index (χ2n) is 3.88. The maximum Gasteiger partial charge on any atom is 0.129 e. The van der Waals surface area contributed by atoms with Gasteiger partial charge in [-0.05, 0) is 24.6 Å². The van der Waals surface area contributed by atoms with Crippen molar-refractivity contribution in [3.63, 3.8) is 0 Å². The summed E-state index contributed by atoms with van der Waals surface area (Å²) in [6, 6.07) is 3.93. The van der Waals surface area contributed by atoms with Crippen LogP contribution in [0.3, 0.4) is 0 Å². The summed E-state index contributed by atoms with van der Waals surface area (Å²) < 4.78 is 5.05. The zero-order valence-electron chi connectivity index (χ0n) is 10.5. The molecule has 0 fully saturated rings. The average Bonchev–Trinajstić information content (AvgIpc) is 2.33. The average molecular weight is 239 g/mol. The second-order valence-corrected chi connectivity index (χ2v) is 3.88. The molecule has 0 saturated carbocycles. The van der Waals surface area contributed by atoms with Gasteiger partial charge in [0.2, 0.25) is 0 Å². The van der Waals surface area contributed by atoms with E-state index in [2.05, 4.69) is 4.98 Å². The molecule has 5 nitrogen and oxygen atoms in total. The summed E-state index contributed by atoms with van der Waals surface area (Å²) in [4.78, 5) is 6.45. The van der Waals surface area contributed by atoms with Gasteiger partial charge in [0.1, 0.15) is 5.82 Å². The predicted octanol–water partition coefficient (Wildman–Crippen LogP) is 0.294. The first-order valence-corrected chi connectivity index (χ1v) is 5.73. The maximum absolute atomic E-state index is 9.06. The summed E-state index contributed by atoms with van der Waals surface area (Å²) in [7, 11) is 1.66. The SMILES string of the molecule is COCCN(CCO)c1cc(CN)cc(C)n1. The molecule has 1 aromatic heterocycles. The quantitative estimate of drug-likeness (QED) is 0.716. The highest BCUT2D eigenvalue weighted by molar-refractivity contribution is 5.42. The standard InChI is InChI=1S/C12H21N3O2/c1-10-7-11(9-13)8-12(14-10)15(3-5-16)4-6-17-2/h7-8,16H,3-6,9,13H2,1-2H3. The van der Waals surface area contributed by atoms with Gasteiger partial charge in [0.05, 0.1) is 13.2 Å². The molecule has 0 radical (unpaired) electrons. The molecule has 1 aromatic rings. The van der Waals surface area contributed by atoms with Crippen molar-refractivity contribution in [2.75, 3.05) is 38.3 Å². The fourth-order valence-corrected chi connectivity index (χ4v) is 1.66. The molecule has 1 rings (SSSR count). The summed E-state index contributed by atoms with van der Waals surface area (Å²) in [6.45, 7) is 4.38. The molecule has 0 saturated heterocycles. The number of pyridine rings is 1. The van der Waals surface area contributed by atoms with Crippen LogP contribution in [0.2, 0.25) is 0 Å². The number of ether oxygens (including phenoxy) is 1. The number of methoxy groups -OCH3 is 1. The van der Waals surface area contributed by atoms with E-state index >= 15 is 0 Å². The Kier molecular flexibility index (Phi) is 5.90. The monoisotopic (exact) mass is 239 g/mol. The Labute approximate surface area is 102 Å². The van der Waals surface area contributed by atoms with Crippen LogP contribution in [0.25, 0.3) is 0 Å². The van der Waals surface area contributed by atoms with Crippen LogP contribution in [0, 0.1) is 6.92 Å². The molecule has 0 bridgehead atoms. The molecule has 3 N–H and O–H groups in total. The van der Waals surface area contributed by atoms with Crippen molar-refractivity contribution >= 4 is 5.82 Å². The minimum atomic E-state index is 0.0945. The Bertz CT molecular complexity index is 345. The number of aryl methyl sites for hydroxylation is 1. The fourth-order valence-electron chi connectivity index (χ4n) is 1.66. The van der Waals surface area contributed by atoms with Crippen molar-refractivity contribution in [2.24, 2.45) is 5.73 Å². The molecule has 0 unspecified atom stereocenters. The molecule has 5 heteroatoms. The van der Waals surface area contributed by atoms with Gasteiger partial charge in [-0.3, -0.25) is 0 Å². The van der Waals surface area contributed by atoms with Gasteiger partial charge in [-0.25, -0.2) is 4.98 Å². The fraction of sp³-hybridized carbons (Fsp3) is 0.583. The van der Waals surface area contributed by atoms with Crippen molar-refractivity contribution in [3.05, 3.63) is 23.4 Å². The Morgan fingerprint density at radius 3 is 2.76 bits per heavy atom. The number of aliphatic hydroxyl groups excluding tert-OH is 1. The van der Waals surface area contributed by atoms with Gasteiger partial charge >= 0.3 is 0 Å². The third-order valence-electron chi connectivity index (χ3n) is 2.49. The second kappa shape index (κ2) is 7.21. The number of aliphatic hydroxyl groups is 1. The van der Waals surface area contributed by atoms with Crippen molar-refractivity contribution in [3.8, 4) is 0 Å². The number of nitrogens with zero attached hydrogens (tertiary/aromatic N) is 2. The molecular formula is C12H21N3O2. The summed E-state index contributed by atoms with van der Waals surface area (Å²) in [6.07, 6.45) is 0. The molecule has 0 aliphatic rings. The largest absolute Gasteiger partial charge is 0.395 e. The van der Waals surface area contributed by atoms with Crippen molar-refractivity contribution in [1.82, 2.24) is 4.98 Å². The highest BCUT2D eigenvalue weighted by Gasteiger charge is 2.08. The van der Waals surface area contributed by atoms with Crippen LogP contribution in [0.15, 0.2) is 12.1 Å². The van der Waals surface area contributed by atoms with Crippen LogP contribution in [0.4, 0.5) is 5.82 Å². The first-order valence-electron chi connectivity index (χ1n) is 5.73. The molecule has 1 heterocycles. The van der Waals surface area contributed by atoms with E-state index in [4.69, 9.17) is 15.6 Å². The molecule has 0 amide bonds. The highest BCUT2D eigenvalue weighted by Crippen LogP contribution is 2.14. The predicted molar refractivity (Wildman–Crippen MR) is 68.0 cm³/mol. The molecule has 0 aromatic carbocycles. The number of rotatable bonds is 7. The van der Waals surface area contributed by atoms with E-state index in [-0.39, 0.29) is 6.61 Å². The first kappa shape index (κ1) is 13.9. The Hall–Kier alpha value is -1.17. The number of anilines is 1. The van der Waals surface area contributed by atoms with Crippen molar-refractivity contribution < 1.29 is 9.84 Å². The summed E-state index contributed by atoms with van der Waals surface area (Å²) >= 11 is 0. The van der Waals surface area contributed by atoms with Crippen molar-refractivity contribution in [1.29, 1.82) is 0 Å². The van der Waals surface area contributed by atoms with Gasteiger partial charge in [0, 0.05) is 32.4 Å². The van der Waals surface area contributed by atoms with Gasteiger partial charge in [-0.1, -0.05) is 0 Å². The van der Waals surface area contributed by atoms with E-state index in [0.717, 1.165) is 17.1 Å². The summed E-state index contributed by atoms with van der Waals surface area (Å²) in [5.41, 5.74) is 7.62. The lowest BCUT2D eigenvalue weighted by molar-refractivity contribution is 0.202. The van der Waals surface area contributed by atoms with Crippen LogP contribution in [-0.2, 0) is 11.3 Å². The van der Waals surface area contributed by atoms with E-state index < -0.39 is 0 Å². The summed E-state index contributed by atoms with van der Waals surface area (Å²) in [5.74, 6) is 0.844. The topological polar surface area (TPSA) is 71.6 Å². The van der Waals surface area contributed by atoms with Gasteiger partial charge in [0.15, 0.2) is 0 Å². The lowest BCUT2D eigenvalue weighted by atomic mass is 10.2. The minimum absolute atomic E-state index is 0.0945. The van der Waals surface area contributed by atoms with Gasteiger partial charge in [0.25, 0.3) is 0 Å². The van der Waals surface area contributed by atoms with Gasteiger partial charge in [-0.2, -0.15) is 0 Å². The summed E-state index contributed by atoms with van der Waals surface area (Å²) in [5, 5.41) is 9.06. The van der Waals surface area contributed by atoms with Gasteiger partial charge in [-0.15, -0.1) is 0 Å². The van der Waals surface area contributed by atoms with E-state index in [9.17, 15) is 0 Å². The number of hydrogen-bond donors (Lipinski definition) is 2. The van der Waals surface area contributed by atoms with Crippen LogP contribution in [-0.4, -0.2) is 43.5 Å². The lowest BCUT2D eigenvalue weighted by Crippen LogP contribution is -2.31. The normalized spacial score (nSPS) is 10.6. The van der Waals surface area contributed by atoms with E-state index in [0.29, 0.717) is 26.2 Å². The maximum atomic E-state index is 9.06. The van der Waals surface area contributed by atoms with Crippen LogP contribution >= 0.6 is 0 Å². The molecule has 96 valence electrons. The smallest absolute Gasteiger partial charge is 0.129 e. The Morgan fingerprint density at radius 1 is 1.41 bits per heavy atom. The Morgan fingerprint density at radius 2 is 2.18 bits per heavy atom. The third-order valence-corrected chi connectivity index (χ3v) is 2.49. The van der Waals surface area contributed by atoms with Crippen LogP contribution in [0.5, 0.6) is 0 Å². The molecule has 0 spiro atoms. The molecule has 0 aliphatic heterocycles. The zero-order valence-corrected chi connectivity index (χ0v) is 10.5. The van der Waals surface area contributed by atoms with Crippen LogP contribution < -0.4 is 10.6 Å². The van der Waals surface area contributed by atoms with E-state index in [1.165, 1.54) is 0 Å². The number of aromatic nitrogens is 1. The van der Waals surface area contributed by atoms with Crippen LogP contribution in [0.1, 0.15) is 11.3 Å². The van der Waals surface area contributed by atoms with Gasteiger partial charge < -0.3 is 20.5 Å². The van der Waals surface area contributed by atoms with Crippen molar-refractivity contribution in [2.45, 2.75) is 13.5 Å². The third kappa shape index (κ3) is 4.30. The zero-order chi connectivity index (χ0) is 12.7. The highest BCUT2D eigenvalue weighted by atomic mass is 16.5. The van der Waals surface area contributed by atoms with E-state index in [1.807, 2.05) is 24.0 Å². The Balaban J connectivity index is 2.87. The number of nitrogens with two attached hydrogens (primary N) is 1. The minimum Gasteiger partial charge on any atom is -0.395 e. The molecule has 0 atom stereocenters. The van der Waals surface area contributed by atoms with E-state index in [1.54, 1.807) is 7.11 Å². The number of hydrogen-bond acceptors (Lipinski definition) is 5. The molecule has 0 aliphatic carbocycles. The molecular weight excluding hydrogens is 218 g/mol. The first-order chi connectivity index (χ1) is 8.21. The lowest BCUT2D eigenvalue weighted by Gasteiger charge is -2.23.